The van der Waals surface area contributed by atoms with Crippen molar-refractivity contribution in [2.75, 3.05) is 0 Å². The molecule has 4 heteroatoms. The van der Waals surface area contributed by atoms with E-state index in [1.54, 1.807) is 0 Å². The van der Waals surface area contributed by atoms with Crippen molar-refractivity contribution in [3.05, 3.63) is 65.1 Å². The highest BCUT2D eigenvalue weighted by Crippen LogP contribution is 2.26. The molecule has 0 aliphatic carbocycles. The summed E-state index contributed by atoms with van der Waals surface area (Å²) in [5, 5.41) is 0.862. The molecule has 0 unspecified atom stereocenters. The van der Waals surface area contributed by atoms with Crippen molar-refractivity contribution >= 4 is 21.6 Å². The number of ether oxygens (including phenoxy) is 1. The molecule has 21 heavy (non-hydrogen) atoms. The van der Waals surface area contributed by atoms with Crippen LogP contribution in [0, 0.1) is 13.8 Å². The summed E-state index contributed by atoms with van der Waals surface area (Å²) in [4.78, 5) is 4.55. The number of benzene rings is 1. The van der Waals surface area contributed by atoms with Gasteiger partial charge in [-0.25, -0.2) is 4.98 Å². The number of nitrogens with zero attached hydrogens (tertiary/aromatic N) is 2. The van der Waals surface area contributed by atoms with Crippen molar-refractivity contribution in [1.82, 2.24) is 9.38 Å². The molecule has 0 saturated heterocycles. The Morgan fingerprint density at radius 2 is 1.95 bits per heavy atom. The average molecular weight is 345 g/mol. The Morgan fingerprint density at radius 1 is 1.19 bits per heavy atom. The molecular formula is C17H17BrN2O. The van der Waals surface area contributed by atoms with E-state index in [-0.39, 0.29) is 0 Å². The molecule has 1 aromatic carbocycles. The second kappa shape index (κ2) is 5.90. The molecule has 0 aliphatic heterocycles. The minimum absolute atomic E-state index is 0.483. The van der Waals surface area contributed by atoms with Crippen molar-refractivity contribution in [3.63, 3.8) is 0 Å². The van der Waals surface area contributed by atoms with Crippen LogP contribution in [0.15, 0.2) is 42.7 Å². The van der Waals surface area contributed by atoms with Crippen LogP contribution in [0.3, 0.4) is 0 Å². The monoisotopic (exact) mass is 344 g/mol. The van der Waals surface area contributed by atoms with E-state index in [0.29, 0.717) is 6.61 Å². The second-order valence-corrected chi connectivity index (χ2v) is 5.74. The van der Waals surface area contributed by atoms with Crippen molar-refractivity contribution in [2.45, 2.75) is 25.8 Å². The van der Waals surface area contributed by atoms with Gasteiger partial charge in [-0.2, -0.15) is 0 Å². The Hall–Kier alpha value is -1.81. The molecule has 0 amide bonds. The van der Waals surface area contributed by atoms with E-state index >= 15 is 0 Å². The van der Waals surface area contributed by atoms with Crippen LogP contribution >= 0.6 is 15.9 Å². The zero-order valence-corrected chi connectivity index (χ0v) is 13.7. The average Bonchev–Trinajstić information content (AvgIpc) is 2.88. The summed E-state index contributed by atoms with van der Waals surface area (Å²) in [5.41, 5.74) is 5.47. The van der Waals surface area contributed by atoms with E-state index in [1.165, 1.54) is 5.56 Å². The molecule has 0 aliphatic rings. The first-order valence-electron chi connectivity index (χ1n) is 6.89. The number of aryl methyl sites for hydroxylation is 2. The SMILES string of the molecule is Cc1cc(CBr)cc(C)c1OCc1cn2ccccc2n1. The smallest absolute Gasteiger partial charge is 0.137 e. The molecule has 108 valence electrons. The number of halogens is 1. The van der Waals surface area contributed by atoms with E-state index in [9.17, 15) is 0 Å². The van der Waals surface area contributed by atoms with Crippen molar-refractivity contribution < 1.29 is 4.74 Å². The lowest BCUT2D eigenvalue weighted by molar-refractivity contribution is 0.298. The van der Waals surface area contributed by atoms with Gasteiger partial charge in [0.25, 0.3) is 0 Å². The summed E-state index contributed by atoms with van der Waals surface area (Å²) >= 11 is 3.49. The molecule has 0 saturated carbocycles. The molecule has 3 nitrogen and oxygen atoms in total. The second-order valence-electron chi connectivity index (χ2n) is 5.18. The summed E-state index contributed by atoms with van der Waals surface area (Å²) in [5.74, 6) is 0.955. The topological polar surface area (TPSA) is 26.5 Å². The van der Waals surface area contributed by atoms with Gasteiger partial charge in [0.15, 0.2) is 0 Å². The summed E-state index contributed by atoms with van der Waals surface area (Å²) in [7, 11) is 0. The van der Waals surface area contributed by atoms with Crippen LogP contribution in [-0.2, 0) is 11.9 Å². The predicted octanol–water partition coefficient (Wildman–Crippen LogP) is 4.43. The Bertz CT molecular complexity index is 723. The summed E-state index contributed by atoms with van der Waals surface area (Å²) in [6.45, 7) is 4.65. The van der Waals surface area contributed by atoms with Gasteiger partial charge in [0.05, 0.1) is 5.69 Å². The number of rotatable bonds is 4. The number of fused-ring (bicyclic) bond motifs is 1. The van der Waals surface area contributed by atoms with E-state index < -0.39 is 0 Å². The van der Waals surface area contributed by atoms with Crippen LogP contribution < -0.4 is 4.74 Å². The quantitative estimate of drug-likeness (QED) is 0.654. The number of alkyl halides is 1. The third kappa shape index (κ3) is 2.95. The Morgan fingerprint density at radius 3 is 2.62 bits per heavy atom. The zero-order chi connectivity index (χ0) is 14.8. The number of hydrogen-bond acceptors (Lipinski definition) is 2. The van der Waals surface area contributed by atoms with Gasteiger partial charge in [0, 0.05) is 17.7 Å². The van der Waals surface area contributed by atoms with Gasteiger partial charge >= 0.3 is 0 Å². The molecule has 0 bridgehead atoms. The molecular weight excluding hydrogens is 328 g/mol. The highest BCUT2D eigenvalue weighted by Gasteiger charge is 2.08. The number of aromatic nitrogens is 2. The van der Waals surface area contributed by atoms with Crippen LogP contribution in [-0.4, -0.2) is 9.38 Å². The van der Waals surface area contributed by atoms with E-state index in [1.807, 2.05) is 35.0 Å². The van der Waals surface area contributed by atoms with Gasteiger partial charge in [-0.3, -0.25) is 0 Å². The van der Waals surface area contributed by atoms with Crippen molar-refractivity contribution in [3.8, 4) is 5.75 Å². The van der Waals surface area contributed by atoms with Crippen LogP contribution in [0.25, 0.3) is 5.65 Å². The Labute approximate surface area is 132 Å². The third-order valence-corrected chi connectivity index (χ3v) is 4.10. The fourth-order valence-electron chi connectivity index (χ4n) is 2.55. The minimum Gasteiger partial charge on any atom is -0.487 e. The predicted molar refractivity (Wildman–Crippen MR) is 88.1 cm³/mol. The summed E-state index contributed by atoms with van der Waals surface area (Å²) in [6, 6.07) is 10.3. The molecule has 3 aromatic rings. The fourth-order valence-corrected chi connectivity index (χ4v) is 2.87. The highest BCUT2D eigenvalue weighted by atomic mass is 79.9. The molecule has 2 heterocycles. The van der Waals surface area contributed by atoms with Gasteiger partial charge in [-0.15, -0.1) is 0 Å². The first-order chi connectivity index (χ1) is 10.2. The lowest BCUT2D eigenvalue weighted by Crippen LogP contribution is -2.00. The maximum absolute atomic E-state index is 5.99. The minimum atomic E-state index is 0.483. The Balaban J connectivity index is 1.81. The third-order valence-electron chi connectivity index (χ3n) is 3.45. The van der Waals surface area contributed by atoms with Gasteiger partial charge in [-0.05, 0) is 42.7 Å². The molecule has 2 aromatic heterocycles. The van der Waals surface area contributed by atoms with Crippen LogP contribution in [0.4, 0.5) is 0 Å². The fraction of sp³-hybridized carbons (Fsp3) is 0.235. The van der Waals surface area contributed by atoms with Crippen molar-refractivity contribution in [2.24, 2.45) is 0 Å². The molecule has 3 rings (SSSR count). The van der Waals surface area contributed by atoms with Gasteiger partial charge in [0.1, 0.15) is 18.0 Å². The summed E-state index contributed by atoms with van der Waals surface area (Å²) < 4.78 is 8.00. The first-order valence-corrected chi connectivity index (χ1v) is 8.01. The number of imidazole rings is 1. The van der Waals surface area contributed by atoms with Gasteiger partial charge in [-0.1, -0.05) is 34.1 Å². The van der Waals surface area contributed by atoms with Crippen LogP contribution in [0.2, 0.25) is 0 Å². The lowest BCUT2D eigenvalue weighted by Gasteiger charge is -2.12. The number of pyridine rings is 1. The van der Waals surface area contributed by atoms with Crippen LogP contribution in [0.1, 0.15) is 22.4 Å². The van der Waals surface area contributed by atoms with Gasteiger partial charge in [0.2, 0.25) is 0 Å². The molecule has 0 atom stereocenters. The number of hydrogen-bond donors (Lipinski definition) is 0. The van der Waals surface area contributed by atoms with Crippen LogP contribution in [0.5, 0.6) is 5.75 Å². The Kier molecular flexibility index (Phi) is 3.97. The molecule has 0 radical (unpaired) electrons. The van der Waals surface area contributed by atoms with E-state index in [2.05, 4.69) is 46.9 Å². The maximum atomic E-state index is 5.99. The van der Waals surface area contributed by atoms with Crippen molar-refractivity contribution in [1.29, 1.82) is 0 Å². The van der Waals surface area contributed by atoms with Gasteiger partial charge < -0.3 is 9.14 Å². The lowest BCUT2D eigenvalue weighted by atomic mass is 10.1. The molecule has 0 spiro atoms. The summed E-state index contributed by atoms with van der Waals surface area (Å²) in [6.07, 6.45) is 4.00. The normalized spacial score (nSPS) is 11.0. The highest BCUT2D eigenvalue weighted by molar-refractivity contribution is 9.08. The molecule has 0 N–H and O–H groups in total. The zero-order valence-electron chi connectivity index (χ0n) is 12.1. The van der Waals surface area contributed by atoms with E-state index in [4.69, 9.17) is 4.74 Å². The van der Waals surface area contributed by atoms with E-state index in [0.717, 1.165) is 33.5 Å². The molecule has 0 fully saturated rings. The largest absolute Gasteiger partial charge is 0.487 e. The maximum Gasteiger partial charge on any atom is 0.137 e. The standard InChI is InChI=1S/C17H17BrN2O/c1-12-7-14(9-18)8-13(2)17(12)21-11-15-10-20-6-4-3-5-16(20)19-15/h3-8,10H,9,11H2,1-2H3. The first kappa shape index (κ1) is 14.1.